The van der Waals surface area contributed by atoms with Gasteiger partial charge < -0.3 is 4.74 Å². The molecule has 0 bridgehead atoms. The predicted molar refractivity (Wildman–Crippen MR) is 65.3 cm³/mol. The lowest BCUT2D eigenvalue weighted by molar-refractivity contribution is -0.0414. The van der Waals surface area contributed by atoms with Crippen LogP contribution in [-0.2, 0) is 4.74 Å². The third-order valence-electron chi connectivity index (χ3n) is 3.16. The number of ether oxygens (including phenoxy) is 1. The molecule has 1 saturated heterocycles. The van der Waals surface area contributed by atoms with Crippen molar-refractivity contribution in [3.05, 3.63) is 16.3 Å². The molecule has 0 aliphatic carbocycles. The fraction of sp³-hybridized carbons (Fsp3) is 0.615. The van der Waals surface area contributed by atoms with Gasteiger partial charge in [0.05, 0.1) is 11.0 Å². The maximum absolute atomic E-state index is 5.79. The van der Waals surface area contributed by atoms with Crippen LogP contribution in [0.3, 0.4) is 0 Å². The van der Waals surface area contributed by atoms with Crippen LogP contribution in [-0.4, -0.2) is 16.4 Å². The Balaban J connectivity index is 2.49. The molecule has 0 saturated carbocycles. The van der Waals surface area contributed by atoms with Crippen LogP contribution >= 0.6 is 0 Å². The number of aromatic nitrogens is 2. The van der Waals surface area contributed by atoms with Crippen LogP contribution in [0.4, 0.5) is 0 Å². The Bertz CT molecular complexity index is 467. The van der Waals surface area contributed by atoms with Crippen LogP contribution in [0.2, 0.25) is 0 Å². The first-order valence-corrected chi connectivity index (χ1v) is 6.07. The van der Waals surface area contributed by atoms with Crippen LogP contribution in [0, 0.1) is 6.92 Å². The largest absolute Gasteiger partial charge is 0.356 e. The summed E-state index contributed by atoms with van der Waals surface area (Å²) in [6.07, 6.45) is 7.86. The summed E-state index contributed by atoms with van der Waals surface area (Å²) < 4.78 is 7.83. The quantitative estimate of drug-likeness (QED) is 0.717. The SMILES string of the molecule is C/C=c1/c(C)nn(C2CCCCO2)/c1=C/C. The molecule has 0 amide bonds. The van der Waals surface area contributed by atoms with Crippen LogP contribution < -0.4 is 10.6 Å². The first kappa shape index (κ1) is 11.4. The lowest BCUT2D eigenvalue weighted by atomic mass is 10.2. The molecule has 1 aliphatic rings. The smallest absolute Gasteiger partial charge is 0.150 e. The number of rotatable bonds is 1. The maximum atomic E-state index is 5.79. The van der Waals surface area contributed by atoms with E-state index in [1.807, 2.05) is 4.68 Å². The van der Waals surface area contributed by atoms with Crippen molar-refractivity contribution in [2.75, 3.05) is 6.61 Å². The van der Waals surface area contributed by atoms with Gasteiger partial charge in [-0.2, -0.15) is 5.10 Å². The molecule has 2 heterocycles. The summed E-state index contributed by atoms with van der Waals surface area (Å²) in [6, 6.07) is 0. The van der Waals surface area contributed by atoms with Gasteiger partial charge in [0.2, 0.25) is 0 Å². The first-order chi connectivity index (χ1) is 7.77. The average molecular weight is 220 g/mol. The molecule has 3 heteroatoms. The molecular weight excluding hydrogens is 200 g/mol. The average Bonchev–Trinajstić information content (AvgIpc) is 2.66. The minimum absolute atomic E-state index is 0.132. The van der Waals surface area contributed by atoms with Crippen molar-refractivity contribution in [2.24, 2.45) is 0 Å². The van der Waals surface area contributed by atoms with Crippen molar-refractivity contribution in [2.45, 2.75) is 46.3 Å². The maximum Gasteiger partial charge on any atom is 0.150 e. The summed E-state index contributed by atoms with van der Waals surface area (Å²) in [4.78, 5) is 0. The van der Waals surface area contributed by atoms with Gasteiger partial charge in [0.1, 0.15) is 0 Å². The van der Waals surface area contributed by atoms with Crippen molar-refractivity contribution in [3.63, 3.8) is 0 Å². The highest BCUT2D eigenvalue weighted by atomic mass is 16.5. The monoisotopic (exact) mass is 220 g/mol. The van der Waals surface area contributed by atoms with Crippen LogP contribution in [0.15, 0.2) is 0 Å². The van der Waals surface area contributed by atoms with E-state index in [2.05, 4.69) is 38.0 Å². The second kappa shape index (κ2) is 4.83. The second-order valence-electron chi connectivity index (χ2n) is 4.23. The van der Waals surface area contributed by atoms with E-state index in [1.54, 1.807) is 0 Å². The normalized spacial score (nSPS) is 24.1. The fourth-order valence-corrected chi connectivity index (χ4v) is 2.36. The molecule has 0 radical (unpaired) electrons. The van der Waals surface area contributed by atoms with E-state index in [1.165, 1.54) is 23.4 Å². The Hall–Kier alpha value is -1.09. The zero-order valence-electron chi connectivity index (χ0n) is 10.4. The lowest BCUT2D eigenvalue weighted by Crippen LogP contribution is -2.34. The zero-order chi connectivity index (χ0) is 11.5. The molecule has 16 heavy (non-hydrogen) atoms. The van der Waals surface area contributed by atoms with E-state index in [9.17, 15) is 0 Å². The minimum atomic E-state index is 0.132. The molecule has 1 aromatic heterocycles. The van der Waals surface area contributed by atoms with E-state index in [4.69, 9.17) is 4.74 Å². The highest BCUT2D eigenvalue weighted by molar-refractivity contribution is 5.28. The molecule has 1 atom stereocenters. The molecule has 3 nitrogen and oxygen atoms in total. The first-order valence-electron chi connectivity index (χ1n) is 6.07. The van der Waals surface area contributed by atoms with E-state index in [-0.39, 0.29) is 6.23 Å². The lowest BCUT2D eigenvalue weighted by Gasteiger charge is -2.23. The van der Waals surface area contributed by atoms with E-state index < -0.39 is 0 Å². The van der Waals surface area contributed by atoms with Gasteiger partial charge in [0.25, 0.3) is 0 Å². The van der Waals surface area contributed by atoms with Gasteiger partial charge in [-0.1, -0.05) is 12.2 Å². The van der Waals surface area contributed by atoms with Gasteiger partial charge in [-0.15, -0.1) is 0 Å². The Morgan fingerprint density at radius 1 is 1.31 bits per heavy atom. The van der Waals surface area contributed by atoms with Crippen molar-refractivity contribution in [1.29, 1.82) is 0 Å². The van der Waals surface area contributed by atoms with Crippen LogP contribution in [0.25, 0.3) is 12.2 Å². The van der Waals surface area contributed by atoms with Crippen molar-refractivity contribution in [3.8, 4) is 0 Å². The molecular formula is C13H20N2O. The summed E-state index contributed by atoms with van der Waals surface area (Å²) >= 11 is 0. The van der Waals surface area contributed by atoms with Gasteiger partial charge in [0, 0.05) is 11.8 Å². The molecule has 0 spiro atoms. The number of aryl methyl sites for hydroxylation is 1. The Labute approximate surface area is 96.4 Å². The highest BCUT2D eigenvalue weighted by Crippen LogP contribution is 2.19. The third-order valence-corrected chi connectivity index (χ3v) is 3.16. The van der Waals surface area contributed by atoms with Gasteiger partial charge in [-0.3, -0.25) is 0 Å². The van der Waals surface area contributed by atoms with Crippen molar-refractivity contribution in [1.82, 2.24) is 9.78 Å². The fourth-order valence-electron chi connectivity index (χ4n) is 2.36. The number of nitrogens with zero attached hydrogens (tertiary/aromatic N) is 2. The minimum Gasteiger partial charge on any atom is -0.356 e. The van der Waals surface area contributed by atoms with E-state index in [0.29, 0.717) is 0 Å². The molecule has 1 fully saturated rings. The number of hydrogen-bond donors (Lipinski definition) is 0. The molecule has 1 aliphatic heterocycles. The Morgan fingerprint density at radius 2 is 2.12 bits per heavy atom. The van der Waals surface area contributed by atoms with E-state index in [0.717, 1.165) is 18.7 Å². The number of hydrogen-bond acceptors (Lipinski definition) is 2. The molecule has 0 N–H and O–H groups in total. The van der Waals surface area contributed by atoms with Gasteiger partial charge in [-0.25, -0.2) is 4.68 Å². The highest BCUT2D eigenvalue weighted by Gasteiger charge is 2.17. The Morgan fingerprint density at radius 3 is 2.69 bits per heavy atom. The predicted octanol–water partition coefficient (Wildman–Crippen LogP) is 1.49. The molecule has 1 unspecified atom stereocenters. The summed E-state index contributed by atoms with van der Waals surface area (Å²) in [7, 11) is 0. The Kier molecular flexibility index (Phi) is 3.44. The van der Waals surface area contributed by atoms with E-state index >= 15 is 0 Å². The molecule has 2 rings (SSSR count). The topological polar surface area (TPSA) is 27.1 Å². The third kappa shape index (κ3) is 1.92. The van der Waals surface area contributed by atoms with Crippen molar-refractivity contribution >= 4 is 12.2 Å². The summed E-state index contributed by atoms with van der Waals surface area (Å²) in [6.45, 7) is 7.03. The standard InChI is InChI=1S/C13H20N2O/c1-4-11-10(3)14-15(12(11)5-2)13-8-6-7-9-16-13/h4-5,13H,6-9H2,1-3H3/b11-4-,12-5+. The second-order valence-corrected chi connectivity index (χ2v) is 4.23. The summed E-state index contributed by atoms with van der Waals surface area (Å²) in [5.74, 6) is 0. The van der Waals surface area contributed by atoms with Crippen molar-refractivity contribution < 1.29 is 4.74 Å². The van der Waals surface area contributed by atoms with Gasteiger partial charge >= 0.3 is 0 Å². The van der Waals surface area contributed by atoms with Crippen LogP contribution in [0.1, 0.15) is 45.0 Å². The zero-order valence-corrected chi connectivity index (χ0v) is 10.4. The molecule has 0 aromatic carbocycles. The van der Waals surface area contributed by atoms with Crippen LogP contribution in [0.5, 0.6) is 0 Å². The summed E-state index contributed by atoms with van der Waals surface area (Å²) in [5, 5.41) is 7.03. The summed E-state index contributed by atoms with van der Waals surface area (Å²) in [5.41, 5.74) is 1.09. The van der Waals surface area contributed by atoms with Gasteiger partial charge in [0.15, 0.2) is 6.23 Å². The molecule has 88 valence electrons. The molecule has 1 aromatic rings. The van der Waals surface area contributed by atoms with Gasteiger partial charge in [-0.05, 0) is 40.0 Å².